The Bertz CT molecular complexity index is 444. The molecule has 0 amide bonds. The van der Waals surface area contributed by atoms with Gasteiger partial charge < -0.3 is 10.6 Å². The highest BCUT2D eigenvalue weighted by atomic mass is 15.3. The van der Waals surface area contributed by atoms with E-state index in [1.807, 2.05) is 0 Å². The quantitative estimate of drug-likeness (QED) is 0.589. The second-order valence-corrected chi connectivity index (χ2v) is 5.89. The summed E-state index contributed by atoms with van der Waals surface area (Å²) in [6.45, 7) is 13.5. The Morgan fingerprint density at radius 2 is 1.57 bits per heavy atom. The summed E-state index contributed by atoms with van der Waals surface area (Å²) in [7, 11) is 0. The van der Waals surface area contributed by atoms with E-state index in [1.165, 1.54) is 5.56 Å². The van der Waals surface area contributed by atoms with Crippen LogP contribution in [0.25, 0.3) is 0 Å². The monoisotopic (exact) mass is 317 g/mol. The predicted molar refractivity (Wildman–Crippen MR) is 97.8 cm³/mol. The van der Waals surface area contributed by atoms with Crippen LogP contribution in [0.15, 0.2) is 35.3 Å². The molecule has 0 bridgehead atoms. The molecule has 1 aromatic carbocycles. The summed E-state index contributed by atoms with van der Waals surface area (Å²) in [4.78, 5) is 9.68. The summed E-state index contributed by atoms with van der Waals surface area (Å²) in [5.74, 6) is 0.928. The van der Waals surface area contributed by atoms with E-state index in [4.69, 9.17) is 0 Å². The van der Waals surface area contributed by atoms with Crippen LogP contribution in [0.1, 0.15) is 19.4 Å². The van der Waals surface area contributed by atoms with E-state index in [0.717, 1.165) is 64.9 Å². The van der Waals surface area contributed by atoms with Gasteiger partial charge in [-0.15, -0.1) is 0 Å². The van der Waals surface area contributed by atoms with Gasteiger partial charge in [-0.3, -0.25) is 14.8 Å². The number of hydrogen-bond donors (Lipinski definition) is 2. The molecule has 2 rings (SSSR count). The molecule has 0 atom stereocenters. The lowest BCUT2D eigenvalue weighted by Gasteiger charge is -2.34. The van der Waals surface area contributed by atoms with Gasteiger partial charge in [-0.25, -0.2) is 0 Å². The second kappa shape index (κ2) is 10.2. The number of nitrogens with zero attached hydrogens (tertiary/aromatic N) is 3. The lowest BCUT2D eigenvalue weighted by Crippen LogP contribution is -2.46. The van der Waals surface area contributed by atoms with Crippen LogP contribution in [0.3, 0.4) is 0 Å². The Labute approximate surface area is 140 Å². The van der Waals surface area contributed by atoms with Gasteiger partial charge in [0.2, 0.25) is 0 Å². The number of nitrogens with one attached hydrogen (secondary N) is 2. The van der Waals surface area contributed by atoms with E-state index >= 15 is 0 Å². The Kier molecular flexibility index (Phi) is 7.90. The molecular weight excluding hydrogens is 286 g/mol. The van der Waals surface area contributed by atoms with Crippen LogP contribution in [0, 0.1) is 0 Å². The van der Waals surface area contributed by atoms with Crippen molar-refractivity contribution >= 4 is 5.96 Å². The molecule has 1 aliphatic heterocycles. The molecule has 1 fully saturated rings. The molecule has 23 heavy (non-hydrogen) atoms. The first-order chi connectivity index (χ1) is 11.3. The van der Waals surface area contributed by atoms with E-state index in [-0.39, 0.29) is 0 Å². The largest absolute Gasteiger partial charge is 0.357 e. The van der Waals surface area contributed by atoms with Crippen LogP contribution in [0.2, 0.25) is 0 Å². The van der Waals surface area contributed by atoms with Gasteiger partial charge in [0, 0.05) is 52.4 Å². The SMILES string of the molecule is CCNC(=NCCN1CCN(Cc2ccccc2)CC1)NCC. The van der Waals surface area contributed by atoms with E-state index in [1.54, 1.807) is 0 Å². The zero-order valence-electron chi connectivity index (χ0n) is 14.6. The van der Waals surface area contributed by atoms with Gasteiger partial charge in [0.15, 0.2) is 5.96 Å². The fourth-order valence-electron chi connectivity index (χ4n) is 2.83. The fraction of sp³-hybridized carbons (Fsp3) is 0.611. The number of benzene rings is 1. The smallest absolute Gasteiger partial charge is 0.191 e. The van der Waals surface area contributed by atoms with Crippen molar-refractivity contribution in [3.63, 3.8) is 0 Å². The molecule has 0 aliphatic carbocycles. The van der Waals surface area contributed by atoms with Crippen molar-refractivity contribution in [1.82, 2.24) is 20.4 Å². The molecular formula is C18H31N5. The Morgan fingerprint density at radius 1 is 0.957 bits per heavy atom. The summed E-state index contributed by atoms with van der Waals surface area (Å²) in [5, 5.41) is 6.54. The molecule has 5 nitrogen and oxygen atoms in total. The molecule has 128 valence electrons. The molecule has 1 aliphatic rings. The summed E-state index contributed by atoms with van der Waals surface area (Å²) in [6.07, 6.45) is 0. The molecule has 1 heterocycles. The third-order valence-electron chi connectivity index (χ3n) is 4.09. The Morgan fingerprint density at radius 3 is 2.17 bits per heavy atom. The normalized spacial score (nSPS) is 16.1. The maximum atomic E-state index is 4.62. The Hall–Kier alpha value is -1.59. The summed E-state index contributed by atoms with van der Waals surface area (Å²) in [5.41, 5.74) is 1.41. The van der Waals surface area contributed by atoms with Crippen molar-refractivity contribution in [2.75, 3.05) is 52.4 Å². The van der Waals surface area contributed by atoms with Gasteiger partial charge in [0.05, 0.1) is 6.54 Å². The van der Waals surface area contributed by atoms with Crippen LogP contribution in [0.5, 0.6) is 0 Å². The van der Waals surface area contributed by atoms with Crippen LogP contribution in [0.4, 0.5) is 0 Å². The van der Waals surface area contributed by atoms with Crippen LogP contribution >= 0.6 is 0 Å². The zero-order valence-corrected chi connectivity index (χ0v) is 14.6. The minimum atomic E-state index is 0.855. The highest BCUT2D eigenvalue weighted by Gasteiger charge is 2.16. The molecule has 1 saturated heterocycles. The summed E-state index contributed by atoms with van der Waals surface area (Å²) < 4.78 is 0. The molecule has 1 aromatic rings. The number of guanidine groups is 1. The number of piperazine rings is 1. The maximum Gasteiger partial charge on any atom is 0.191 e. The Balaban J connectivity index is 1.67. The molecule has 0 spiro atoms. The molecule has 5 heteroatoms. The van der Waals surface area contributed by atoms with Crippen molar-refractivity contribution in [2.24, 2.45) is 4.99 Å². The average molecular weight is 317 g/mol. The van der Waals surface area contributed by atoms with E-state index in [9.17, 15) is 0 Å². The van der Waals surface area contributed by atoms with Gasteiger partial charge >= 0.3 is 0 Å². The van der Waals surface area contributed by atoms with Gasteiger partial charge in [-0.05, 0) is 19.4 Å². The molecule has 2 N–H and O–H groups in total. The first kappa shape index (κ1) is 17.8. The molecule has 0 unspecified atom stereocenters. The van der Waals surface area contributed by atoms with Crippen molar-refractivity contribution in [3.05, 3.63) is 35.9 Å². The van der Waals surface area contributed by atoms with Gasteiger partial charge in [0.1, 0.15) is 0 Å². The summed E-state index contributed by atoms with van der Waals surface area (Å²) in [6, 6.07) is 10.7. The lowest BCUT2D eigenvalue weighted by atomic mass is 10.2. The van der Waals surface area contributed by atoms with Gasteiger partial charge in [-0.2, -0.15) is 0 Å². The van der Waals surface area contributed by atoms with Crippen molar-refractivity contribution < 1.29 is 0 Å². The number of hydrogen-bond acceptors (Lipinski definition) is 3. The van der Waals surface area contributed by atoms with E-state index in [2.05, 4.69) is 69.6 Å². The minimum Gasteiger partial charge on any atom is -0.357 e. The third-order valence-corrected chi connectivity index (χ3v) is 4.09. The third kappa shape index (κ3) is 6.59. The first-order valence-corrected chi connectivity index (χ1v) is 8.82. The second-order valence-electron chi connectivity index (χ2n) is 5.89. The lowest BCUT2D eigenvalue weighted by molar-refractivity contribution is 0.130. The number of aliphatic imine (C=N–C) groups is 1. The van der Waals surface area contributed by atoms with Crippen LogP contribution in [-0.4, -0.2) is 68.1 Å². The molecule has 0 radical (unpaired) electrons. The van der Waals surface area contributed by atoms with Crippen molar-refractivity contribution in [2.45, 2.75) is 20.4 Å². The maximum absolute atomic E-state index is 4.62. The first-order valence-electron chi connectivity index (χ1n) is 8.82. The topological polar surface area (TPSA) is 42.9 Å². The predicted octanol–water partition coefficient (Wildman–Crippen LogP) is 1.38. The summed E-state index contributed by atoms with van der Waals surface area (Å²) >= 11 is 0. The van der Waals surface area contributed by atoms with Crippen LogP contribution in [-0.2, 0) is 6.54 Å². The molecule has 0 aromatic heterocycles. The van der Waals surface area contributed by atoms with Crippen LogP contribution < -0.4 is 10.6 Å². The highest BCUT2D eigenvalue weighted by molar-refractivity contribution is 5.79. The van der Waals surface area contributed by atoms with E-state index in [0.29, 0.717) is 0 Å². The number of rotatable bonds is 7. The van der Waals surface area contributed by atoms with Gasteiger partial charge in [-0.1, -0.05) is 30.3 Å². The minimum absolute atomic E-state index is 0.855. The standard InChI is InChI=1S/C18H31N5/c1-3-19-18(20-4-2)21-10-11-22-12-14-23(15-13-22)16-17-8-6-5-7-9-17/h5-9H,3-4,10-16H2,1-2H3,(H2,19,20,21). The van der Waals surface area contributed by atoms with E-state index < -0.39 is 0 Å². The van der Waals surface area contributed by atoms with Gasteiger partial charge in [0.25, 0.3) is 0 Å². The highest BCUT2D eigenvalue weighted by Crippen LogP contribution is 2.08. The zero-order chi connectivity index (χ0) is 16.3. The van der Waals surface area contributed by atoms with Crippen molar-refractivity contribution in [3.8, 4) is 0 Å². The molecule has 0 saturated carbocycles. The van der Waals surface area contributed by atoms with Crippen molar-refractivity contribution in [1.29, 1.82) is 0 Å². The fourth-order valence-corrected chi connectivity index (χ4v) is 2.83. The average Bonchev–Trinajstić information content (AvgIpc) is 2.58.